The zero-order valence-electron chi connectivity index (χ0n) is 9.86. The standard InChI is InChI=1S/C11H14F2N2O2S/c1-2-8(9-14-3-4-18-9)15-6-7-5-11(12,13)10(16)17-7/h3-4,7-8,15H,2,5-6H2,1H3. The molecule has 0 saturated carbocycles. The van der Waals surface area contributed by atoms with E-state index in [1.165, 1.54) is 11.3 Å². The van der Waals surface area contributed by atoms with Crippen molar-refractivity contribution in [3.63, 3.8) is 0 Å². The second-order valence-electron chi connectivity index (χ2n) is 4.18. The Morgan fingerprint density at radius 2 is 2.50 bits per heavy atom. The highest BCUT2D eigenvalue weighted by Crippen LogP contribution is 2.31. The summed E-state index contributed by atoms with van der Waals surface area (Å²) in [6, 6.07) is 0.0120. The number of nitrogens with one attached hydrogen (secondary N) is 1. The first kappa shape index (κ1) is 13.4. The number of aromatic nitrogens is 1. The van der Waals surface area contributed by atoms with Gasteiger partial charge in [-0.2, -0.15) is 8.78 Å². The number of rotatable bonds is 5. The largest absolute Gasteiger partial charge is 0.456 e. The molecule has 0 radical (unpaired) electrons. The first-order valence-corrected chi connectivity index (χ1v) is 6.62. The highest BCUT2D eigenvalue weighted by Gasteiger charge is 2.50. The van der Waals surface area contributed by atoms with E-state index in [1.807, 2.05) is 12.3 Å². The molecule has 0 bridgehead atoms. The normalized spacial score (nSPS) is 23.9. The van der Waals surface area contributed by atoms with Crippen molar-refractivity contribution < 1.29 is 18.3 Å². The number of hydrogen-bond acceptors (Lipinski definition) is 5. The molecular weight excluding hydrogens is 262 g/mol. The molecule has 0 aromatic carbocycles. The summed E-state index contributed by atoms with van der Waals surface area (Å²) < 4.78 is 30.5. The van der Waals surface area contributed by atoms with E-state index < -0.39 is 24.4 Å². The van der Waals surface area contributed by atoms with Crippen LogP contribution in [0.3, 0.4) is 0 Å². The monoisotopic (exact) mass is 276 g/mol. The van der Waals surface area contributed by atoms with Crippen LogP contribution >= 0.6 is 11.3 Å². The van der Waals surface area contributed by atoms with Gasteiger partial charge in [0.05, 0.1) is 12.5 Å². The van der Waals surface area contributed by atoms with E-state index in [9.17, 15) is 13.6 Å². The van der Waals surface area contributed by atoms with E-state index in [0.29, 0.717) is 0 Å². The van der Waals surface area contributed by atoms with E-state index in [0.717, 1.165) is 11.4 Å². The number of ether oxygens (including phenoxy) is 1. The number of nitrogens with zero attached hydrogens (tertiary/aromatic N) is 1. The molecule has 18 heavy (non-hydrogen) atoms. The molecule has 0 amide bonds. The van der Waals surface area contributed by atoms with Gasteiger partial charge in [0.1, 0.15) is 11.1 Å². The molecule has 1 aliphatic rings. The van der Waals surface area contributed by atoms with E-state index in [4.69, 9.17) is 0 Å². The van der Waals surface area contributed by atoms with Crippen LogP contribution in [0.1, 0.15) is 30.8 Å². The van der Waals surface area contributed by atoms with Crippen LogP contribution in [0.2, 0.25) is 0 Å². The summed E-state index contributed by atoms with van der Waals surface area (Å²) in [6.07, 6.45) is 1.19. The minimum absolute atomic E-state index is 0.0120. The third kappa shape index (κ3) is 2.84. The van der Waals surface area contributed by atoms with Crippen molar-refractivity contribution in [1.82, 2.24) is 10.3 Å². The SMILES string of the molecule is CCC(NCC1CC(F)(F)C(=O)O1)c1nccs1. The second-order valence-corrected chi connectivity index (χ2v) is 5.10. The minimum Gasteiger partial charge on any atom is -0.456 e. The highest BCUT2D eigenvalue weighted by atomic mass is 32.1. The van der Waals surface area contributed by atoms with Crippen LogP contribution in [0.4, 0.5) is 8.78 Å². The smallest absolute Gasteiger partial charge is 0.377 e. The summed E-state index contributed by atoms with van der Waals surface area (Å²) in [4.78, 5) is 15.0. The molecular formula is C11H14F2N2O2S. The van der Waals surface area contributed by atoms with Crippen LogP contribution in [-0.2, 0) is 9.53 Å². The summed E-state index contributed by atoms with van der Waals surface area (Å²) >= 11 is 1.51. The number of esters is 1. The van der Waals surface area contributed by atoms with E-state index >= 15 is 0 Å². The van der Waals surface area contributed by atoms with Crippen LogP contribution in [0, 0.1) is 0 Å². The summed E-state index contributed by atoms with van der Waals surface area (Å²) in [5, 5.41) is 5.88. The molecule has 4 nitrogen and oxygen atoms in total. The molecule has 2 unspecified atom stereocenters. The van der Waals surface area contributed by atoms with Crippen molar-refractivity contribution in [2.75, 3.05) is 6.54 Å². The van der Waals surface area contributed by atoms with Crippen molar-refractivity contribution in [2.24, 2.45) is 0 Å². The predicted molar refractivity (Wildman–Crippen MR) is 62.6 cm³/mol. The van der Waals surface area contributed by atoms with Crippen LogP contribution in [0.5, 0.6) is 0 Å². The van der Waals surface area contributed by atoms with Crippen molar-refractivity contribution in [3.05, 3.63) is 16.6 Å². The third-order valence-corrected chi connectivity index (χ3v) is 3.70. The molecule has 100 valence electrons. The Kier molecular flexibility index (Phi) is 3.91. The van der Waals surface area contributed by atoms with Crippen molar-refractivity contribution in [1.29, 1.82) is 0 Å². The highest BCUT2D eigenvalue weighted by molar-refractivity contribution is 7.09. The topological polar surface area (TPSA) is 51.2 Å². The Morgan fingerprint density at radius 3 is 3.00 bits per heavy atom. The maximum atomic E-state index is 13.0. The third-order valence-electron chi connectivity index (χ3n) is 2.81. The van der Waals surface area contributed by atoms with Crippen LogP contribution < -0.4 is 5.32 Å². The van der Waals surface area contributed by atoms with Gasteiger partial charge in [-0.3, -0.25) is 0 Å². The van der Waals surface area contributed by atoms with Gasteiger partial charge in [0.15, 0.2) is 0 Å². The van der Waals surface area contributed by atoms with Gasteiger partial charge in [0, 0.05) is 18.1 Å². The predicted octanol–water partition coefficient (Wildman–Crippen LogP) is 2.13. The van der Waals surface area contributed by atoms with Gasteiger partial charge in [-0.15, -0.1) is 11.3 Å². The lowest BCUT2D eigenvalue weighted by Gasteiger charge is -2.16. The maximum absolute atomic E-state index is 13.0. The zero-order chi connectivity index (χ0) is 13.2. The molecule has 1 saturated heterocycles. The fraction of sp³-hybridized carbons (Fsp3) is 0.636. The summed E-state index contributed by atoms with van der Waals surface area (Å²) in [7, 11) is 0. The van der Waals surface area contributed by atoms with Gasteiger partial charge in [-0.25, -0.2) is 9.78 Å². The van der Waals surface area contributed by atoms with E-state index in [-0.39, 0.29) is 12.6 Å². The number of carbonyl (C=O) groups excluding carboxylic acids is 1. The number of hydrogen-bond donors (Lipinski definition) is 1. The fourth-order valence-corrected chi connectivity index (χ4v) is 2.65. The molecule has 1 N–H and O–H groups in total. The lowest BCUT2D eigenvalue weighted by Crippen LogP contribution is -2.30. The van der Waals surface area contributed by atoms with Gasteiger partial charge in [-0.1, -0.05) is 6.92 Å². The van der Waals surface area contributed by atoms with Gasteiger partial charge < -0.3 is 10.1 Å². The van der Waals surface area contributed by atoms with E-state index in [1.54, 1.807) is 6.20 Å². The first-order valence-electron chi connectivity index (χ1n) is 5.74. The molecule has 7 heteroatoms. The van der Waals surface area contributed by atoms with Gasteiger partial charge >= 0.3 is 11.9 Å². The van der Waals surface area contributed by atoms with Crippen LogP contribution in [0.15, 0.2) is 11.6 Å². The Bertz CT molecular complexity index is 411. The summed E-state index contributed by atoms with van der Waals surface area (Å²) in [5.41, 5.74) is 0. The minimum atomic E-state index is -3.34. The average Bonchev–Trinajstić information content (AvgIpc) is 2.90. The summed E-state index contributed by atoms with van der Waals surface area (Å²) in [6.45, 7) is 2.20. The molecule has 2 rings (SSSR count). The quantitative estimate of drug-likeness (QED) is 0.837. The Morgan fingerprint density at radius 1 is 1.72 bits per heavy atom. The molecule has 2 atom stereocenters. The van der Waals surface area contributed by atoms with Gasteiger partial charge in [0.25, 0.3) is 0 Å². The van der Waals surface area contributed by atoms with Crippen molar-refractivity contribution in [2.45, 2.75) is 37.8 Å². The molecule has 0 spiro atoms. The Balaban J connectivity index is 1.87. The van der Waals surface area contributed by atoms with Crippen LogP contribution in [0.25, 0.3) is 0 Å². The number of carbonyl (C=O) groups is 1. The molecule has 0 aliphatic carbocycles. The second kappa shape index (κ2) is 5.27. The van der Waals surface area contributed by atoms with Gasteiger partial charge in [0.2, 0.25) is 0 Å². The maximum Gasteiger partial charge on any atom is 0.377 e. The lowest BCUT2D eigenvalue weighted by atomic mass is 10.1. The number of alkyl halides is 2. The fourth-order valence-electron chi connectivity index (χ4n) is 1.85. The van der Waals surface area contributed by atoms with Crippen LogP contribution in [-0.4, -0.2) is 29.5 Å². The number of cyclic esters (lactones) is 1. The molecule has 1 aromatic heterocycles. The first-order chi connectivity index (χ1) is 8.53. The number of thiazole rings is 1. The Labute approximate surface area is 107 Å². The molecule has 1 fully saturated rings. The molecule has 2 heterocycles. The molecule has 1 aliphatic heterocycles. The lowest BCUT2D eigenvalue weighted by molar-refractivity contribution is -0.159. The summed E-state index contributed by atoms with van der Waals surface area (Å²) in [5.74, 6) is -4.76. The number of halogens is 2. The van der Waals surface area contributed by atoms with Gasteiger partial charge in [-0.05, 0) is 6.42 Å². The zero-order valence-corrected chi connectivity index (χ0v) is 10.7. The van der Waals surface area contributed by atoms with Crippen molar-refractivity contribution in [3.8, 4) is 0 Å². The van der Waals surface area contributed by atoms with E-state index in [2.05, 4.69) is 15.0 Å². The Hall–Kier alpha value is -1.08. The average molecular weight is 276 g/mol. The molecule has 1 aromatic rings. The van der Waals surface area contributed by atoms with Crippen molar-refractivity contribution >= 4 is 17.3 Å².